The molecule has 0 fully saturated rings. The van der Waals surface area contributed by atoms with Crippen molar-refractivity contribution in [3.8, 4) is 0 Å². The maximum absolute atomic E-state index is 12.3. The van der Waals surface area contributed by atoms with E-state index in [4.69, 9.17) is 4.74 Å². The Kier molecular flexibility index (Phi) is 11.3. The molecular weight excluding hydrogens is 486 g/mol. The van der Waals surface area contributed by atoms with Crippen LogP contribution in [0, 0.1) is 0 Å². The second-order valence-corrected chi connectivity index (χ2v) is 8.60. The Morgan fingerprint density at radius 2 is 1.63 bits per heavy atom. The van der Waals surface area contributed by atoms with Crippen LogP contribution in [0.25, 0.3) is 10.8 Å². The number of amides is 2. The minimum absolute atomic E-state index is 0.174. The number of benzene rings is 3. The first-order valence-corrected chi connectivity index (χ1v) is 12.4. The molecule has 0 atom stereocenters. The van der Waals surface area contributed by atoms with Crippen molar-refractivity contribution in [2.45, 2.75) is 32.4 Å². The van der Waals surface area contributed by atoms with E-state index in [1.54, 1.807) is 0 Å². The first kappa shape index (κ1) is 28.4. The third kappa shape index (κ3) is 9.34. The van der Waals surface area contributed by atoms with E-state index in [0.717, 1.165) is 53.4 Å². The van der Waals surface area contributed by atoms with Gasteiger partial charge in [-0.3, -0.25) is 15.3 Å². The molecule has 0 spiro atoms. The number of esters is 1. The van der Waals surface area contributed by atoms with Crippen molar-refractivity contribution in [3.05, 3.63) is 90.0 Å². The van der Waals surface area contributed by atoms with E-state index in [1.165, 1.54) is 7.11 Å². The van der Waals surface area contributed by atoms with E-state index >= 15 is 0 Å². The highest BCUT2D eigenvalue weighted by Gasteiger charge is 2.08. The first-order valence-electron chi connectivity index (χ1n) is 12.4. The second kappa shape index (κ2) is 15.1. The molecule has 2 amide bonds. The Morgan fingerprint density at radius 1 is 0.895 bits per heavy atom. The Bertz CT molecular complexity index is 1240. The van der Waals surface area contributed by atoms with Crippen LogP contribution in [0.2, 0.25) is 0 Å². The van der Waals surface area contributed by atoms with Crippen molar-refractivity contribution >= 4 is 34.4 Å². The fourth-order valence-corrected chi connectivity index (χ4v) is 3.71. The van der Waals surface area contributed by atoms with Crippen molar-refractivity contribution in [3.63, 3.8) is 0 Å². The molecule has 0 saturated heterocycles. The Hall–Kier alpha value is -4.21. The third-order valence-corrected chi connectivity index (χ3v) is 5.79. The lowest BCUT2D eigenvalue weighted by Crippen LogP contribution is -2.27. The molecule has 0 heterocycles. The van der Waals surface area contributed by atoms with Crippen molar-refractivity contribution in [2.75, 3.05) is 25.5 Å². The van der Waals surface area contributed by atoms with Gasteiger partial charge in [-0.25, -0.2) is 14.7 Å². The number of nitrogens with one attached hydrogen (secondary N) is 2. The van der Waals surface area contributed by atoms with Gasteiger partial charge in [0.2, 0.25) is 0 Å². The predicted molar refractivity (Wildman–Crippen MR) is 144 cm³/mol. The van der Waals surface area contributed by atoms with Crippen molar-refractivity contribution in [1.82, 2.24) is 10.4 Å². The van der Waals surface area contributed by atoms with E-state index < -0.39 is 18.0 Å². The Labute approximate surface area is 222 Å². The van der Waals surface area contributed by atoms with Crippen LogP contribution in [0.1, 0.15) is 30.4 Å². The molecule has 0 aliphatic rings. The summed E-state index contributed by atoms with van der Waals surface area (Å²) in [6, 6.07) is 21.4. The molecule has 0 unspecified atom stereocenters. The van der Waals surface area contributed by atoms with Crippen LogP contribution in [0.5, 0.6) is 0 Å². The summed E-state index contributed by atoms with van der Waals surface area (Å²) in [7, 11) is 1.21. The molecule has 0 bridgehead atoms. The van der Waals surface area contributed by atoms with E-state index in [0.29, 0.717) is 23.7 Å². The van der Waals surface area contributed by atoms with Crippen LogP contribution in [0.15, 0.2) is 78.9 Å². The number of rotatable bonds is 13. The van der Waals surface area contributed by atoms with Gasteiger partial charge in [0.1, 0.15) is 6.61 Å². The number of nitrogens with zero attached hydrogens (tertiary/aromatic N) is 1. The summed E-state index contributed by atoms with van der Waals surface area (Å²) < 4.78 is 9.78. The molecule has 9 heteroatoms. The van der Waals surface area contributed by atoms with Crippen LogP contribution in [0.3, 0.4) is 0 Å². The molecule has 0 saturated carbocycles. The number of hydrogen-bond acceptors (Lipinski definition) is 7. The molecule has 3 N–H and O–H groups in total. The van der Waals surface area contributed by atoms with Gasteiger partial charge in [-0.2, -0.15) is 0 Å². The lowest BCUT2D eigenvalue weighted by Gasteiger charge is -2.12. The number of fused-ring (bicyclic) bond motifs is 1. The van der Waals surface area contributed by atoms with E-state index in [1.807, 2.05) is 66.7 Å². The highest BCUT2D eigenvalue weighted by molar-refractivity contribution is 6.00. The minimum Gasteiger partial charge on any atom is -0.466 e. The molecular formula is C29H33N3O6. The van der Waals surface area contributed by atoms with Gasteiger partial charge in [-0.05, 0) is 42.0 Å². The maximum atomic E-state index is 12.3. The number of anilines is 1. The lowest BCUT2D eigenvalue weighted by atomic mass is 10.1. The second-order valence-electron chi connectivity index (χ2n) is 8.60. The topological polar surface area (TPSA) is 117 Å². The van der Waals surface area contributed by atoms with Gasteiger partial charge in [0.05, 0.1) is 12.8 Å². The largest absolute Gasteiger partial charge is 0.466 e. The number of methoxy groups -OCH3 is 1. The normalized spacial score (nSPS) is 10.9. The SMILES string of the molecule is COC(=O)/C=C/C(=O)N(O)CCCCCNCc1ccc(COC(=O)Nc2cccc3ccccc23)cc1. The summed E-state index contributed by atoms with van der Waals surface area (Å²) in [6.45, 7) is 1.85. The fourth-order valence-electron chi connectivity index (χ4n) is 3.71. The smallest absolute Gasteiger partial charge is 0.411 e. The van der Waals surface area contributed by atoms with Crippen molar-refractivity contribution in [1.29, 1.82) is 0 Å². The molecule has 200 valence electrons. The monoisotopic (exact) mass is 519 g/mol. The molecule has 3 aromatic rings. The zero-order valence-corrected chi connectivity index (χ0v) is 21.4. The summed E-state index contributed by atoms with van der Waals surface area (Å²) >= 11 is 0. The van der Waals surface area contributed by atoms with Crippen molar-refractivity contribution < 1.29 is 29.1 Å². The number of carbonyl (C=O) groups excluding carboxylic acids is 3. The summed E-state index contributed by atoms with van der Waals surface area (Å²) in [6.07, 6.45) is 3.80. The van der Waals surface area contributed by atoms with Gasteiger partial charge in [-0.15, -0.1) is 0 Å². The summed E-state index contributed by atoms with van der Waals surface area (Å²) in [5, 5.41) is 18.5. The van der Waals surface area contributed by atoms with Gasteiger partial charge in [0.25, 0.3) is 5.91 Å². The highest BCUT2D eigenvalue weighted by atomic mass is 16.5. The zero-order valence-electron chi connectivity index (χ0n) is 21.4. The molecule has 3 rings (SSSR count). The predicted octanol–water partition coefficient (Wildman–Crippen LogP) is 4.80. The van der Waals surface area contributed by atoms with Crippen LogP contribution in [-0.2, 0) is 32.2 Å². The number of carbonyl (C=O) groups is 3. The summed E-state index contributed by atoms with van der Waals surface area (Å²) in [4.78, 5) is 34.9. The van der Waals surface area contributed by atoms with Crippen LogP contribution >= 0.6 is 0 Å². The molecule has 0 aromatic heterocycles. The summed E-state index contributed by atoms with van der Waals surface area (Å²) in [5.74, 6) is -1.31. The van der Waals surface area contributed by atoms with E-state index in [9.17, 15) is 19.6 Å². The van der Waals surface area contributed by atoms with Gasteiger partial charge < -0.3 is 14.8 Å². The highest BCUT2D eigenvalue weighted by Crippen LogP contribution is 2.23. The van der Waals surface area contributed by atoms with Crippen LogP contribution < -0.4 is 10.6 Å². The molecule has 9 nitrogen and oxygen atoms in total. The Balaban J connectivity index is 1.28. The quantitative estimate of drug-likeness (QED) is 0.0977. The number of ether oxygens (including phenoxy) is 2. The average molecular weight is 520 g/mol. The van der Waals surface area contributed by atoms with E-state index in [-0.39, 0.29) is 13.2 Å². The third-order valence-electron chi connectivity index (χ3n) is 5.79. The average Bonchev–Trinajstić information content (AvgIpc) is 2.94. The molecule has 38 heavy (non-hydrogen) atoms. The van der Waals surface area contributed by atoms with Gasteiger partial charge in [0, 0.05) is 30.6 Å². The number of hydrogen-bond donors (Lipinski definition) is 3. The number of unbranched alkanes of at least 4 members (excludes halogenated alkanes) is 2. The molecule has 0 aliphatic heterocycles. The maximum Gasteiger partial charge on any atom is 0.411 e. The minimum atomic E-state index is -0.659. The first-order chi connectivity index (χ1) is 18.5. The lowest BCUT2D eigenvalue weighted by molar-refractivity contribution is -0.159. The molecule has 3 aromatic carbocycles. The van der Waals surface area contributed by atoms with Gasteiger partial charge in [0.15, 0.2) is 0 Å². The molecule has 0 aliphatic carbocycles. The van der Waals surface area contributed by atoms with Gasteiger partial charge in [-0.1, -0.05) is 67.1 Å². The van der Waals surface area contributed by atoms with Crippen LogP contribution in [-0.4, -0.2) is 48.4 Å². The number of hydroxylamine groups is 2. The Morgan fingerprint density at radius 3 is 2.42 bits per heavy atom. The standard InChI is InChI=1S/C29H33N3O6/c1-37-28(34)17-16-27(33)32(36)19-6-2-5-18-30-20-22-12-14-23(15-13-22)21-38-29(35)31-26-11-7-9-24-8-3-4-10-25(24)26/h3-4,7-17,30,36H,2,5-6,18-21H2,1H3,(H,31,35)/b17-16+. The zero-order chi connectivity index (χ0) is 27.2. The van der Waals surface area contributed by atoms with E-state index in [2.05, 4.69) is 15.4 Å². The van der Waals surface area contributed by atoms with Crippen LogP contribution in [0.4, 0.5) is 10.5 Å². The van der Waals surface area contributed by atoms with Crippen molar-refractivity contribution in [2.24, 2.45) is 0 Å². The fraction of sp³-hybridized carbons (Fsp3) is 0.276. The summed E-state index contributed by atoms with van der Waals surface area (Å²) in [5.41, 5.74) is 2.72. The molecule has 0 radical (unpaired) electrons. The van der Waals surface area contributed by atoms with Gasteiger partial charge >= 0.3 is 12.1 Å².